The van der Waals surface area contributed by atoms with Gasteiger partial charge in [0.15, 0.2) is 0 Å². The predicted octanol–water partition coefficient (Wildman–Crippen LogP) is 3.05. The molecular weight excluding hydrogens is 312 g/mol. The first kappa shape index (κ1) is 14.0. The van der Waals surface area contributed by atoms with Crippen LogP contribution in [0.1, 0.15) is 15.9 Å². The van der Waals surface area contributed by atoms with Crippen LogP contribution in [0.15, 0.2) is 42.7 Å². The lowest BCUT2D eigenvalue weighted by molar-refractivity contribution is 0.0966. The zero-order valence-electron chi connectivity index (χ0n) is 12.4. The molecule has 0 saturated carbocycles. The molecule has 4 rings (SSSR count). The van der Waals surface area contributed by atoms with Crippen LogP contribution >= 0.6 is 11.6 Å². The summed E-state index contributed by atoms with van der Waals surface area (Å²) in [5.74, 6) is -0.0493. The number of carbonyl (C=O) groups is 1. The van der Waals surface area contributed by atoms with E-state index >= 15 is 0 Å². The number of halogens is 1. The molecule has 114 valence electrons. The van der Waals surface area contributed by atoms with Crippen molar-refractivity contribution < 1.29 is 4.79 Å². The molecule has 0 radical (unpaired) electrons. The molecule has 3 aromatic rings. The Bertz CT molecular complexity index is 932. The Hall–Kier alpha value is -2.66. The average Bonchev–Trinajstić information content (AvgIpc) is 3.13. The summed E-state index contributed by atoms with van der Waals surface area (Å²) >= 11 is 6.09. The number of aromatic nitrogens is 3. The van der Waals surface area contributed by atoms with Crippen molar-refractivity contribution in [2.75, 3.05) is 0 Å². The summed E-state index contributed by atoms with van der Waals surface area (Å²) in [6.45, 7) is 0.576. The molecule has 6 heteroatoms. The number of amides is 1. The van der Waals surface area contributed by atoms with E-state index in [1.165, 1.54) is 0 Å². The highest BCUT2D eigenvalue weighted by Crippen LogP contribution is 2.33. The van der Waals surface area contributed by atoms with Gasteiger partial charge in [0.2, 0.25) is 0 Å². The van der Waals surface area contributed by atoms with Crippen LogP contribution in [0.4, 0.5) is 0 Å². The van der Waals surface area contributed by atoms with Crippen LogP contribution in [-0.2, 0) is 13.6 Å². The van der Waals surface area contributed by atoms with Gasteiger partial charge in [-0.2, -0.15) is 5.10 Å². The number of rotatable bonds is 2. The third kappa shape index (κ3) is 2.39. The molecule has 0 atom stereocenters. The minimum atomic E-state index is -0.0493. The number of aryl methyl sites for hydroxylation is 1. The summed E-state index contributed by atoms with van der Waals surface area (Å²) in [6.07, 6.45) is 3.71. The summed E-state index contributed by atoms with van der Waals surface area (Å²) in [4.78, 5) is 16.4. The molecule has 0 unspecified atom stereocenters. The lowest BCUT2D eigenvalue weighted by Crippen LogP contribution is -2.12. The second-order valence-corrected chi connectivity index (χ2v) is 5.87. The number of hydrogen-bond donors (Lipinski definition) is 1. The highest BCUT2D eigenvalue weighted by molar-refractivity contribution is 6.29. The molecule has 1 N–H and O–H groups in total. The maximum atomic E-state index is 11.9. The molecule has 0 fully saturated rings. The molecule has 0 saturated heterocycles. The van der Waals surface area contributed by atoms with E-state index in [2.05, 4.69) is 15.4 Å². The van der Waals surface area contributed by atoms with E-state index in [-0.39, 0.29) is 5.91 Å². The molecular formula is C17H13ClN4O. The van der Waals surface area contributed by atoms with Gasteiger partial charge < -0.3 is 5.32 Å². The molecule has 23 heavy (non-hydrogen) atoms. The van der Waals surface area contributed by atoms with Gasteiger partial charge in [-0.25, -0.2) is 4.98 Å². The van der Waals surface area contributed by atoms with Crippen LogP contribution in [0.2, 0.25) is 5.15 Å². The Morgan fingerprint density at radius 2 is 2.04 bits per heavy atom. The molecule has 1 amide bonds. The molecule has 5 nitrogen and oxygen atoms in total. The molecule has 0 bridgehead atoms. The predicted molar refractivity (Wildman–Crippen MR) is 88.1 cm³/mol. The smallest absolute Gasteiger partial charge is 0.251 e. The van der Waals surface area contributed by atoms with Crippen molar-refractivity contribution >= 4 is 17.5 Å². The summed E-state index contributed by atoms with van der Waals surface area (Å²) in [5, 5.41) is 7.45. The Morgan fingerprint density at radius 1 is 1.17 bits per heavy atom. The summed E-state index contributed by atoms with van der Waals surface area (Å²) in [6, 6.07) is 9.48. The largest absolute Gasteiger partial charge is 0.348 e. The van der Waals surface area contributed by atoms with Crippen molar-refractivity contribution in [3.8, 4) is 22.4 Å². The summed E-state index contributed by atoms with van der Waals surface area (Å²) in [5.41, 5.74) is 5.19. The van der Waals surface area contributed by atoms with Crippen molar-refractivity contribution in [2.24, 2.45) is 7.05 Å². The number of pyridine rings is 1. The Kier molecular flexibility index (Phi) is 3.16. The molecule has 1 aliphatic rings. The van der Waals surface area contributed by atoms with E-state index in [0.717, 1.165) is 27.9 Å². The van der Waals surface area contributed by atoms with Crippen molar-refractivity contribution in [3.05, 3.63) is 59.0 Å². The van der Waals surface area contributed by atoms with Gasteiger partial charge >= 0.3 is 0 Å². The maximum Gasteiger partial charge on any atom is 0.251 e. The van der Waals surface area contributed by atoms with Crippen LogP contribution in [0.5, 0.6) is 0 Å². The fraction of sp³-hybridized carbons (Fsp3) is 0.118. The fourth-order valence-corrected chi connectivity index (χ4v) is 2.96. The first-order valence-corrected chi connectivity index (χ1v) is 7.57. The van der Waals surface area contributed by atoms with Crippen LogP contribution < -0.4 is 5.32 Å². The highest BCUT2D eigenvalue weighted by atomic mass is 35.5. The first-order chi connectivity index (χ1) is 11.1. The molecule has 0 aliphatic carbocycles. The van der Waals surface area contributed by atoms with Crippen LogP contribution in [0, 0.1) is 0 Å². The standard InChI is InChI=1S/C17H13ClN4O/c1-22-9-12(8-20-22)13-4-5-15(18)21-16(13)10-2-3-11-7-19-17(23)14(11)6-10/h2-6,8-9H,7H2,1H3,(H,19,23). The molecule has 1 aromatic carbocycles. The molecule has 3 heterocycles. The van der Waals surface area contributed by atoms with Crippen LogP contribution in [-0.4, -0.2) is 20.7 Å². The Labute approximate surface area is 137 Å². The number of fused-ring (bicyclic) bond motifs is 1. The molecule has 2 aromatic heterocycles. The minimum absolute atomic E-state index is 0.0493. The normalized spacial score (nSPS) is 13.0. The van der Waals surface area contributed by atoms with Gasteiger partial charge in [0.05, 0.1) is 11.9 Å². The number of hydrogen-bond acceptors (Lipinski definition) is 3. The summed E-state index contributed by atoms with van der Waals surface area (Å²) in [7, 11) is 1.87. The van der Waals surface area contributed by atoms with E-state index in [9.17, 15) is 4.79 Å². The van der Waals surface area contributed by atoms with Crippen LogP contribution in [0.3, 0.4) is 0 Å². The van der Waals surface area contributed by atoms with Crippen molar-refractivity contribution in [1.82, 2.24) is 20.1 Å². The number of carbonyl (C=O) groups excluding carboxylic acids is 1. The van der Waals surface area contributed by atoms with Crippen molar-refractivity contribution in [1.29, 1.82) is 0 Å². The zero-order chi connectivity index (χ0) is 16.0. The minimum Gasteiger partial charge on any atom is -0.348 e. The van der Waals surface area contributed by atoms with E-state index in [4.69, 9.17) is 11.6 Å². The van der Waals surface area contributed by atoms with Gasteiger partial charge in [0.1, 0.15) is 5.15 Å². The highest BCUT2D eigenvalue weighted by Gasteiger charge is 2.20. The van der Waals surface area contributed by atoms with Crippen LogP contribution in [0.25, 0.3) is 22.4 Å². The lowest BCUT2D eigenvalue weighted by Gasteiger charge is -2.09. The van der Waals surface area contributed by atoms with Gasteiger partial charge in [0.25, 0.3) is 5.91 Å². The third-order valence-electron chi connectivity index (χ3n) is 3.94. The maximum absolute atomic E-state index is 11.9. The number of benzene rings is 1. The average molecular weight is 325 g/mol. The van der Waals surface area contributed by atoms with Crippen molar-refractivity contribution in [2.45, 2.75) is 6.54 Å². The van der Waals surface area contributed by atoms with E-state index in [1.807, 2.05) is 37.5 Å². The topological polar surface area (TPSA) is 59.8 Å². The monoisotopic (exact) mass is 324 g/mol. The Morgan fingerprint density at radius 3 is 2.83 bits per heavy atom. The third-order valence-corrected chi connectivity index (χ3v) is 4.15. The van der Waals surface area contributed by atoms with Gasteiger partial charge in [-0.3, -0.25) is 9.48 Å². The van der Waals surface area contributed by atoms with Gasteiger partial charge in [-0.1, -0.05) is 23.7 Å². The summed E-state index contributed by atoms with van der Waals surface area (Å²) < 4.78 is 1.74. The van der Waals surface area contributed by atoms with Crippen molar-refractivity contribution in [3.63, 3.8) is 0 Å². The number of nitrogens with one attached hydrogen (secondary N) is 1. The van der Waals surface area contributed by atoms with Gasteiger partial charge in [-0.05, 0) is 23.8 Å². The van der Waals surface area contributed by atoms with E-state index in [0.29, 0.717) is 17.3 Å². The molecule has 0 spiro atoms. The molecule has 1 aliphatic heterocycles. The van der Waals surface area contributed by atoms with E-state index in [1.54, 1.807) is 16.9 Å². The van der Waals surface area contributed by atoms with Gasteiger partial charge in [-0.15, -0.1) is 0 Å². The number of nitrogens with zero attached hydrogens (tertiary/aromatic N) is 3. The second-order valence-electron chi connectivity index (χ2n) is 5.49. The zero-order valence-corrected chi connectivity index (χ0v) is 13.1. The van der Waals surface area contributed by atoms with E-state index < -0.39 is 0 Å². The fourth-order valence-electron chi connectivity index (χ4n) is 2.81. The van der Waals surface area contributed by atoms with Gasteiger partial charge in [0, 0.05) is 42.0 Å². The lowest BCUT2D eigenvalue weighted by atomic mass is 9.98. The first-order valence-electron chi connectivity index (χ1n) is 7.19. The SMILES string of the molecule is Cn1cc(-c2ccc(Cl)nc2-c2ccc3c(c2)C(=O)NC3)cn1. The quantitative estimate of drug-likeness (QED) is 0.737. The Balaban J connectivity index is 1.90. The second kappa shape index (κ2) is 5.21.